The summed E-state index contributed by atoms with van der Waals surface area (Å²) in [4.78, 5) is 24.5. The lowest BCUT2D eigenvalue weighted by molar-refractivity contribution is -0.143. The zero-order valence-electron chi connectivity index (χ0n) is 12.0. The maximum atomic E-state index is 11.8. The van der Waals surface area contributed by atoms with Gasteiger partial charge in [-0.2, -0.15) is 0 Å². The Bertz CT molecular complexity index is 301. The Morgan fingerprint density at radius 1 is 1.32 bits per heavy atom. The van der Waals surface area contributed by atoms with Crippen LogP contribution in [0.4, 0.5) is 0 Å². The fourth-order valence-corrected chi connectivity index (χ4v) is 2.66. The molecule has 0 heterocycles. The first-order valence-electron chi connectivity index (χ1n) is 7.27. The molecule has 1 fully saturated rings. The SMILES string of the molecule is CCC(C(=O)O)N(C)CCC(=O)NC1CCCCC1. The summed E-state index contributed by atoms with van der Waals surface area (Å²) in [6, 6.07) is -0.171. The molecular weight excluding hydrogens is 244 g/mol. The Kier molecular flexibility index (Phi) is 6.84. The lowest BCUT2D eigenvalue weighted by Crippen LogP contribution is -2.41. The van der Waals surface area contributed by atoms with E-state index in [1.807, 2.05) is 6.92 Å². The molecule has 0 aromatic rings. The van der Waals surface area contributed by atoms with Gasteiger partial charge >= 0.3 is 5.97 Å². The van der Waals surface area contributed by atoms with Crippen molar-refractivity contribution in [1.82, 2.24) is 10.2 Å². The third-order valence-corrected chi connectivity index (χ3v) is 3.87. The van der Waals surface area contributed by atoms with Crippen molar-refractivity contribution in [3.63, 3.8) is 0 Å². The lowest BCUT2D eigenvalue weighted by Gasteiger charge is -2.25. The summed E-state index contributed by atoms with van der Waals surface area (Å²) < 4.78 is 0. The Morgan fingerprint density at radius 3 is 2.47 bits per heavy atom. The van der Waals surface area contributed by atoms with E-state index in [4.69, 9.17) is 5.11 Å². The molecule has 1 saturated carbocycles. The quantitative estimate of drug-likeness (QED) is 0.737. The van der Waals surface area contributed by atoms with E-state index in [1.54, 1.807) is 11.9 Å². The number of carbonyl (C=O) groups excluding carboxylic acids is 1. The van der Waals surface area contributed by atoms with Crippen molar-refractivity contribution in [3.8, 4) is 0 Å². The molecule has 1 rings (SSSR count). The van der Waals surface area contributed by atoms with Crippen molar-refractivity contribution in [2.45, 2.75) is 64.0 Å². The summed E-state index contributed by atoms with van der Waals surface area (Å²) in [5.41, 5.74) is 0. The molecule has 5 nitrogen and oxygen atoms in total. The molecule has 1 unspecified atom stereocenters. The molecule has 0 saturated heterocycles. The van der Waals surface area contributed by atoms with Crippen molar-refractivity contribution in [2.24, 2.45) is 0 Å². The third kappa shape index (κ3) is 5.59. The van der Waals surface area contributed by atoms with E-state index in [2.05, 4.69) is 5.32 Å². The average Bonchev–Trinajstić information content (AvgIpc) is 2.38. The second-order valence-electron chi connectivity index (χ2n) is 5.40. The van der Waals surface area contributed by atoms with Crippen LogP contribution in [0.5, 0.6) is 0 Å². The molecule has 5 heteroatoms. The third-order valence-electron chi connectivity index (χ3n) is 3.87. The van der Waals surface area contributed by atoms with Crippen LogP contribution in [0, 0.1) is 0 Å². The number of carboxylic acids is 1. The number of carboxylic acid groups (broad SMARTS) is 1. The van der Waals surface area contributed by atoms with Gasteiger partial charge < -0.3 is 10.4 Å². The summed E-state index contributed by atoms with van der Waals surface area (Å²) in [5.74, 6) is -0.781. The Balaban J connectivity index is 2.26. The Morgan fingerprint density at radius 2 is 1.95 bits per heavy atom. The van der Waals surface area contributed by atoms with Gasteiger partial charge in [-0.15, -0.1) is 0 Å². The predicted molar refractivity (Wildman–Crippen MR) is 74.0 cm³/mol. The number of carbonyl (C=O) groups is 2. The maximum absolute atomic E-state index is 11.8. The van der Waals surface area contributed by atoms with Crippen molar-refractivity contribution in [2.75, 3.05) is 13.6 Å². The molecule has 110 valence electrons. The smallest absolute Gasteiger partial charge is 0.320 e. The van der Waals surface area contributed by atoms with Gasteiger partial charge in [0.15, 0.2) is 0 Å². The van der Waals surface area contributed by atoms with Gasteiger partial charge in [0, 0.05) is 19.0 Å². The first-order valence-corrected chi connectivity index (χ1v) is 7.27. The number of aliphatic carboxylic acids is 1. The highest BCUT2D eigenvalue weighted by atomic mass is 16.4. The molecule has 1 amide bonds. The van der Waals surface area contributed by atoms with E-state index in [0.717, 1.165) is 12.8 Å². The van der Waals surface area contributed by atoms with Crippen LogP contribution in [0.2, 0.25) is 0 Å². The number of hydrogen-bond acceptors (Lipinski definition) is 3. The highest BCUT2D eigenvalue weighted by Gasteiger charge is 2.21. The van der Waals surface area contributed by atoms with Gasteiger partial charge in [-0.25, -0.2) is 0 Å². The molecule has 0 spiro atoms. The van der Waals surface area contributed by atoms with Gasteiger partial charge in [-0.1, -0.05) is 26.2 Å². The van der Waals surface area contributed by atoms with Crippen molar-refractivity contribution < 1.29 is 14.7 Å². The molecule has 0 aromatic heterocycles. The minimum Gasteiger partial charge on any atom is -0.480 e. The zero-order chi connectivity index (χ0) is 14.3. The van der Waals surface area contributed by atoms with Gasteiger partial charge in [0.1, 0.15) is 6.04 Å². The molecular formula is C14H26N2O3. The molecule has 1 aliphatic carbocycles. The summed E-state index contributed by atoms with van der Waals surface area (Å²) in [5, 5.41) is 12.1. The highest BCUT2D eigenvalue weighted by Crippen LogP contribution is 2.17. The van der Waals surface area contributed by atoms with Gasteiger partial charge in [0.25, 0.3) is 0 Å². The van der Waals surface area contributed by atoms with E-state index >= 15 is 0 Å². The van der Waals surface area contributed by atoms with E-state index in [9.17, 15) is 9.59 Å². The largest absolute Gasteiger partial charge is 0.480 e. The number of likely N-dealkylation sites (N-methyl/N-ethyl adjacent to an activating group) is 1. The molecule has 1 atom stereocenters. The second-order valence-corrected chi connectivity index (χ2v) is 5.40. The molecule has 19 heavy (non-hydrogen) atoms. The topological polar surface area (TPSA) is 69.6 Å². The standard InChI is InChI=1S/C14H26N2O3/c1-3-12(14(18)19)16(2)10-9-13(17)15-11-7-5-4-6-8-11/h11-12H,3-10H2,1-2H3,(H,15,17)(H,18,19). The number of nitrogens with zero attached hydrogens (tertiary/aromatic N) is 1. The fourth-order valence-electron chi connectivity index (χ4n) is 2.66. The van der Waals surface area contributed by atoms with E-state index < -0.39 is 12.0 Å². The average molecular weight is 270 g/mol. The molecule has 0 bridgehead atoms. The van der Waals surface area contributed by atoms with E-state index in [0.29, 0.717) is 25.4 Å². The number of amides is 1. The van der Waals surface area contributed by atoms with Gasteiger partial charge in [0.05, 0.1) is 0 Å². The van der Waals surface area contributed by atoms with Crippen LogP contribution in [0.1, 0.15) is 51.9 Å². The van der Waals surface area contributed by atoms with Crippen LogP contribution >= 0.6 is 0 Å². The molecule has 0 aliphatic heterocycles. The van der Waals surface area contributed by atoms with Crippen LogP contribution < -0.4 is 5.32 Å². The van der Waals surface area contributed by atoms with Crippen LogP contribution in [-0.2, 0) is 9.59 Å². The molecule has 1 aliphatic rings. The van der Waals surface area contributed by atoms with Crippen molar-refractivity contribution in [1.29, 1.82) is 0 Å². The van der Waals surface area contributed by atoms with Gasteiger partial charge in [0.2, 0.25) is 5.91 Å². The van der Waals surface area contributed by atoms with E-state index in [1.165, 1.54) is 19.3 Å². The van der Waals surface area contributed by atoms with Crippen LogP contribution in [0.3, 0.4) is 0 Å². The van der Waals surface area contributed by atoms with Crippen LogP contribution in [-0.4, -0.2) is 47.6 Å². The van der Waals surface area contributed by atoms with Crippen molar-refractivity contribution in [3.05, 3.63) is 0 Å². The minimum absolute atomic E-state index is 0.0407. The molecule has 2 N–H and O–H groups in total. The van der Waals surface area contributed by atoms with E-state index in [-0.39, 0.29) is 5.91 Å². The zero-order valence-corrected chi connectivity index (χ0v) is 12.0. The molecule has 0 aromatic carbocycles. The lowest BCUT2D eigenvalue weighted by atomic mass is 9.95. The predicted octanol–water partition coefficient (Wildman–Crippen LogP) is 1.62. The van der Waals surface area contributed by atoms with Crippen LogP contribution in [0.15, 0.2) is 0 Å². The molecule has 0 radical (unpaired) electrons. The number of hydrogen-bond donors (Lipinski definition) is 2. The fraction of sp³-hybridized carbons (Fsp3) is 0.857. The summed E-state index contributed by atoms with van der Waals surface area (Å²) in [6.07, 6.45) is 6.74. The highest BCUT2D eigenvalue weighted by molar-refractivity contribution is 5.77. The normalized spacial score (nSPS) is 18.3. The number of nitrogens with one attached hydrogen (secondary N) is 1. The monoisotopic (exact) mass is 270 g/mol. The van der Waals surface area contributed by atoms with Crippen LogP contribution in [0.25, 0.3) is 0 Å². The first-order chi connectivity index (χ1) is 9.04. The summed E-state index contributed by atoms with van der Waals surface area (Å²) in [7, 11) is 1.76. The maximum Gasteiger partial charge on any atom is 0.320 e. The summed E-state index contributed by atoms with van der Waals surface area (Å²) in [6.45, 7) is 2.33. The Hall–Kier alpha value is -1.10. The number of rotatable bonds is 7. The second kappa shape index (κ2) is 8.15. The summed E-state index contributed by atoms with van der Waals surface area (Å²) >= 11 is 0. The van der Waals surface area contributed by atoms with Crippen molar-refractivity contribution >= 4 is 11.9 Å². The van der Waals surface area contributed by atoms with Gasteiger partial charge in [-0.3, -0.25) is 14.5 Å². The minimum atomic E-state index is -0.822. The first kappa shape index (κ1) is 16.0. The Labute approximate surface area is 115 Å². The van der Waals surface area contributed by atoms with Gasteiger partial charge in [-0.05, 0) is 26.3 Å².